The second kappa shape index (κ2) is 5.10. The Hall–Kier alpha value is -1.74. The molecule has 0 bridgehead atoms. The van der Waals surface area contributed by atoms with Crippen LogP contribution in [0, 0.1) is 0 Å². The van der Waals surface area contributed by atoms with Crippen molar-refractivity contribution in [1.29, 1.82) is 0 Å². The number of hydrogen-bond donors (Lipinski definition) is 1. The number of para-hydroxylation sites is 1. The highest BCUT2D eigenvalue weighted by atomic mass is 16.3. The zero-order chi connectivity index (χ0) is 13.2. The summed E-state index contributed by atoms with van der Waals surface area (Å²) >= 11 is 0. The third-order valence-corrected chi connectivity index (χ3v) is 3.97. The molecule has 19 heavy (non-hydrogen) atoms. The van der Waals surface area contributed by atoms with E-state index >= 15 is 0 Å². The number of rotatable bonds is 3. The molecular weight excluding hydrogens is 236 g/mol. The summed E-state index contributed by atoms with van der Waals surface area (Å²) in [6.07, 6.45) is 4.02. The number of furan rings is 1. The zero-order valence-corrected chi connectivity index (χ0v) is 11.3. The quantitative estimate of drug-likeness (QED) is 0.917. The molecule has 0 saturated heterocycles. The van der Waals surface area contributed by atoms with E-state index in [1.165, 1.54) is 17.7 Å². The third kappa shape index (κ3) is 2.38. The minimum atomic E-state index is -0.0800. The molecular formula is C16H20N2O. The number of anilines is 1. The topological polar surface area (TPSA) is 42.4 Å². The molecule has 0 fully saturated rings. The SMILES string of the molecule is CC1CCc2ccccc2N1CC(N)c1ccco1. The Morgan fingerprint density at radius 3 is 2.95 bits per heavy atom. The van der Waals surface area contributed by atoms with Gasteiger partial charge in [-0.15, -0.1) is 0 Å². The van der Waals surface area contributed by atoms with Gasteiger partial charge in [0.05, 0.1) is 12.3 Å². The summed E-state index contributed by atoms with van der Waals surface area (Å²) in [7, 11) is 0. The molecule has 1 aromatic carbocycles. The Kier molecular flexibility index (Phi) is 3.30. The molecule has 2 unspecified atom stereocenters. The molecule has 2 atom stereocenters. The van der Waals surface area contributed by atoms with Crippen molar-refractivity contribution < 1.29 is 4.42 Å². The lowest BCUT2D eigenvalue weighted by molar-refractivity contribution is 0.447. The number of nitrogens with zero attached hydrogens (tertiary/aromatic N) is 1. The van der Waals surface area contributed by atoms with E-state index in [0.29, 0.717) is 6.04 Å². The van der Waals surface area contributed by atoms with E-state index in [1.807, 2.05) is 12.1 Å². The first kappa shape index (κ1) is 12.3. The van der Waals surface area contributed by atoms with Crippen molar-refractivity contribution in [2.24, 2.45) is 5.73 Å². The Labute approximate surface area is 114 Å². The van der Waals surface area contributed by atoms with Crippen LogP contribution in [0.2, 0.25) is 0 Å². The van der Waals surface area contributed by atoms with Crippen LogP contribution in [-0.4, -0.2) is 12.6 Å². The summed E-state index contributed by atoms with van der Waals surface area (Å²) in [6.45, 7) is 3.07. The van der Waals surface area contributed by atoms with Gasteiger partial charge >= 0.3 is 0 Å². The van der Waals surface area contributed by atoms with E-state index < -0.39 is 0 Å². The van der Waals surface area contributed by atoms with Crippen LogP contribution in [0.5, 0.6) is 0 Å². The molecule has 0 radical (unpaired) electrons. The number of nitrogens with two attached hydrogens (primary N) is 1. The number of hydrogen-bond acceptors (Lipinski definition) is 3. The summed E-state index contributed by atoms with van der Waals surface area (Å²) in [5, 5.41) is 0. The van der Waals surface area contributed by atoms with Gasteiger partial charge in [-0.05, 0) is 43.5 Å². The molecule has 0 aliphatic carbocycles. The van der Waals surface area contributed by atoms with Crippen LogP contribution in [0.15, 0.2) is 47.1 Å². The van der Waals surface area contributed by atoms with E-state index in [0.717, 1.165) is 18.7 Å². The number of aryl methyl sites for hydroxylation is 1. The molecule has 2 heterocycles. The second-order valence-corrected chi connectivity index (χ2v) is 5.29. The van der Waals surface area contributed by atoms with Crippen molar-refractivity contribution >= 4 is 5.69 Å². The summed E-state index contributed by atoms with van der Waals surface area (Å²) in [6, 6.07) is 12.9. The lowest BCUT2D eigenvalue weighted by Gasteiger charge is -2.38. The van der Waals surface area contributed by atoms with Crippen LogP contribution in [-0.2, 0) is 6.42 Å². The highest BCUT2D eigenvalue weighted by Gasteiger charge is 2.25. The van der Waals surface area contributed by atoms with E-state index in [9.17, 15) is 0 Å². The minimum Gasteiger partial charge on any atom is -0.468 e. The van der Waals surface area contributed by atoms with Gasteiger partial charge in [-0.25, -0.2) is 0 Å². The molecule has 1 aliphatic heterocycles. The maximum atomic E-state index is 6.25. The normalized spacial score (nSPS) is 20.1. The molecule has 1 aromatic heterocycles. The predicted molar refractivity (Wildman–Crippen MR) is 77.2 cm³/mol. The van der Waals surface area contributed by atoms with Gasteiger partial charge in [0.15, 0.2) is 0 Å². The molecule has 100 valence electrons. The van der Waals surface area contributed by atoms with Crippen molar-refractivity contribution in [2.45, 2.75) is 31.8 Å². The summed E-state index contributed by atoms with van der Waals surface area (Å²) in [5.74, 6) is 0.857. The summed E-state index contributed by atoms with van der Waals surface area (Å²) < 4.78 is 5.41. The van der Waals surface area contributed by atoms with E-state index in [-0.39, 0.29) is 6.04 Å². The zero-order valence-electron chi connectivity index (χ0n) is 11.3. The predicted octanol–water partition coefficient (Wildman–Crippen LogP) is 3.12. The average molecular weight is 256 g/mol. The maximum absolute atomic E-state index is 6.25. The van der Waals surface area contributed by atoms with Crippen molar-refractivity contribution in [2.75, 3.05) is 11.4 Å². The van der Waals surface area contributed by atoms with Crippen LogP contribution in [0.3, 0.4) is 0 Å². The largest absolute Gasteiger partial charge is 0.468 e. The first-order valence-electron chi connectivity index (χ1n) is 6.89. The van der Waals surface area contributed by atoms with Gasteiger partial charge in [0.25, 0.3) is 0 Å². The molecule has 2 aromatic rings. The lowest BCUT2D eigenvalue weighted by Crippen LogP contribution is -2.41. The van der Waals surface area contributed by atoms with Crippen molar-refractivity contribution in [3.63, 3.8) is 0 Å². The molecule has 3 heteroatoms. The number of benzene rings is 1. The highest BCUT2D eigenvalue weighted by Crippen LogP contribution is 2.31. The van der Waals surface area contributed by atoms with Gasteiger partial charge < -0.3 is 15.1 Å². The molecule has 3 nitrogen and oxygen atoms in total. The van der Waals surface area contributed by atoms with Crippen molar-refractivity contribution in [1.82, 2.24) is 0 Å². The van der Waals surface area contributed by atoms with Gasteiger partial charge in [-0.3, -0.25) is 0 Å². The van der Waals surface area contributed by atoms with Gasteiger partial charge in [-0.2, -0.15) is 0 Å². The summed E-state index contributed by atoms with van der Waals surface area (Å²) in [5.41, 5.74) is 9.00. The Morgan fingerprint density at radius 2 is 2.16 bits per heavy atom. The fourth-order valence-electron chi connectivity index (χ4n) is 2.84. The van der Waals surface area contributed by atoms with Gasteiger partial charge in [0.1, 0.15) is 5.76 Å². The maximum Gasteiger partial charge on any atom is 0.122 e. The number of fused-ring (bicyclic) bond motifs is 1. The minimum absolute atomic E-state index is 0.0800. The van der Waals surface area contributed by atoms with Crippen molar-refractivity contribution in [3.05, 3.63) is 54.0 Å². The highest BCUT2D eigenvalue weighted by molar-refractivity contribution is 5.56. The summed E-state index contributed by atoms with van der Waals surface area (Å²) in [4.78, 5) is 2.41. The lowest BCUT2D eigenvalue weighted by atomic mass is 9.96. The van der Waals surface area contributed by atoms with Gasteiger partial charge in [0.2, 0.25) is 0 Å². The molecule has 0 spiro atoms. The van der Waals surface area contributed by atoms with Gasteiger partial charge in [0, 0.05) is 18.3 Å². The molecule has 3 rings (SSSR count). The fraction of sp³-hybridized carbons (Fsp3) is 0.375. The molecule has 1 aliphatic rings. The standard InChI is InChI=1S/C16H20N2O/c1-12-8-9-13-5-2-3-6-15(13)18(12)11-14(17)16-7-4-10-19-16/h2-7,10,12,14H,8-9,11,17H2,1H3. The Morgan fingerprint density at radius 1 is 1.32 bits per heavy atom. The van der Waals surface area contributed by atoms with Crippen LogP contribution in [0.4, 0.5) is 5.69 Å². The molecule has 0 amide bonds. The van der Waals surface area contributed by atoms with Crippen LogP contribution >= 0.6 is 0 Å². The second-order valence-electron chi connectivity index (χ2n) is 5.29. The molecule has 0 saturated carbocycles. The van der Waals surface area contributed by atoms with E-state index in [1.54, 1.807) is 6.26 Å². The average Bonchev–Trinajstić information content (AvgIpc) is 2.96. The smallest absolute Gasteiger partial charge is 0.122 e. The first-order valence-corrected chi connectivity index (χ1v) is 6.89. The third-order valence-electron chi connectivity index (χ3n) is 3.97. The van der Waals surface area contributed by atoms with Crippen LogP contribution in [0.1, 0.15) is 30.7 Å². The van der Waals surface area contributed by atoms with Crippen LogP contribution in [0.25, 0.3) is 0 Å². The fourth-order valence-corrected chi connectivity index (χ4v) is 2.84. The van der Waals surface area contributed by atoms with Gasteiger partial charge in [-0.1, -0.05) is 18.2 Å². The monoisotopic (exact) mass is 256 g/mol. The van der Waals surface area contributed by atoms with Crippen LogP contribution < -0.4 is 10.6 Å². The van der Waals surface area contributed by atoms with E-state index in [2.05, 4.69) is 36.1 Å². The first-order chi connectivity index (χ1) is 9.25. The Bertz CT molecular complexity index is 535. The van der Waals surface area contributed by atoms with E-state index in [4.69, 9.17) is 10.2 Å². The molecule has 2 N–H and O–H groups in total. The Balaban J connectivity index is 1.84. The van der Waals surface area contributed by atoms with Crippen molar-refractivity contribution in [3.8, 4) is 0 Å².